The van der Waals surface area contributed by atoms with E-state index in [1.54, 1.807) is 13.2 Å². The Morgan fingerprint density at radius 2 is 2.11 bits per heavy atom. The smallest absolute Gasteiger partial charge is 0.340 e. The number of halogens is 1. The number of carbonyl (C=O) groups excluding carboxylic acids is 1. The largest absolute Gasteiger partial charge is 0.465 e. The van der Waals surface area contributed by atoms with Gasteiger partial charge in [-0.05, 0) is 31.7 Å². The van der Waals surface area contributed by atoms with Crippen molar-refractivity contribution >= 4 is 5.97 Å². The third kappa shape index (κ3) is 4.29. The zero-order valence-electron chi connectivity index (χ0n) is 11.8. The summed E-state index contributed by atoms with van der Waals surface area (Å²) >= 11 is 0. The molecule has 0 radical (unpaired) electrons. The number of rotatable bonds is 6. The predicted molar refractivity (Wildman–Crippen MR) is 70.5 cm³/mol. The van der Waals surface area contributed by atoms with E-state index >= 15 is 0 Å². The Hall–Kier alpha value is -1.46. The number of hydrogen-bond acceptors (Lipinski definition) is 4. The summed E-state index contributed by atoms with van der Waals surface area (Å²) in [5.41, 5.74) is 0.759. The van der Waals surface area contributed by atoms with Crippen LogP contribution in [0.1, 0.15) is 22.8 Å². The van der Waals surface area contributed by atoms with Gasteiger partial charge in [-0.3, -0.25) is 4.90 Å². The van der Waals surface area contributed by atoms with Gasteiger partial charge < -0.3 is 9.47 Å². The van der Waals surface area contributed by atoms with Gasteiger partial charge in [0.1, 0.15) is 5.82 Å². The van der Waals surface area contributed by atoms with Crippen molar-refractivity contribution in [3.8, 4) is 0 Å². The first kappa shape index (κ1) is 15.6. The molecule has 0 spiro atoms. The van der Waals surface area contributed by atoms with Crippen LogP contribution < -0.4 is 0 Å². The number of benzene rings is 1. The molecule has 0 saturated heterocycles. The Kier molecular flexibility index (Phi) is 5.92. The summed E-state index contributed by atoms with van der Waals surface area (Å²) in [7, 11) is 4.82. The lowest BCUT2D eigenvalue weighted by Crippen LogP contribution is -2.32. The molecule has 1 aromatic carbocycles. The topological polar surface area (TPSA) is 38.8 Å². The molecule has 0 fully saturated rings. The molecule has 4 nitrogen and oxygen atoms in total. The van der Waals surface area contributed by atoms with Gasteiger partial charge in [0.2, 0.25) is 0 Å². The van der Waals surface area contributed by atoms with Gasteiger partial charge >= 0.3 is 5.97 Å². The summed E-state index contributed by atoms with van der Waals surface area (Å²) in [6.07, 6.45) is 0. The highest BCUT2D eigenvalue weighted by Crippen LogP contribution is 2.14. The van der Waals surface area contributed by atoms with Crippen molar-refractivity contribution in [2.24, 2.45) is 0 Å². The summed E-state index contributed by atoms with van der Waals surface area (Å²) < 4.78 is 23.3. The van der Waals surface area contributed by atoms with E-state index in [-0.39, 0.29) is 11.6 Å². The Balaban J connectivity index is 2.76. The zero-order valence-corrected chi connectivity index (χ0v) is 11.8. The van der Waals surface area contributed by atoms with Crippen molar-refractivity contribution in [2.75, 3.05) is 27.9 Å². The highest BCUT2D eigenvalue weighted by molar-refractivity contribution is 5.89. The molecule has 1 rings (SSSR count). The Labute approximate surface area is 113 Å². The molecule has 0 heterocycles. The molecule has 1 aromatic rings. The number of carbonyl (C=O) groups is 1. The maximum absolute atomic E-state index is 13.7. The molecule has 0 amide bonds. The van der Waals surface area contributed by atoms with Crippen LogP contribution in [0.5, 0.6) is 0 Å². The van der Waals surface area contributed by atoms with Gasteiger partial charge in [-0.25, -0.2) is 9.18 Å². The molecule has 5 heteroatoms. The lowest BCUT2D eigenvalue weighted by molar-refractivity contribution is 0.0595. The summed E-state index contributed by atoms with van der Waals surface area (Å²) in [5.74, 6) is -1.22. The van der Waals surface area contributed by atoms with Crippen molar-refractivity contribution in [1.29, 1.82) is 0 Å². The first-order chi connectivity index (χ1) is 8.99. The van der Waals surface area contributed by atoms with Crippen LogP contribution in [0.4, 0.5) is 4.39 Å². The van der Waals surface area contributed by atoms with Crippen LogP contribution in [-0.2, 0) is 16.0 Å². The van der Waals surface area contributed by atoms with Crippen molar-refractivity contribution in [3.05, 3.63) is 35.1 Å². The second-order valence-electron chi connectivity index (χ2n) is 4.53. The first-order valence-corrected chi connectivity index (χ1v) is 6.05. The Bertz CT molecular complexity index is 437. The molecule has 0 aliphatic carbocycles. The van der Waals surface area contributed by atoms with E-state index in [4.69, 9.17) is 4.74 Å². The monoisotopic (exact) mass is 269 g/mol. The average molecular weight is 269 g/mol. The van der Waals surface area contributed by atoms with Gasteiger partial charge in [-0.2, -0.15) is 0 Å². The number of esters is 1. The maximum atomic E-state index is 13.7. The number of ether oxygens (including phenoxy) is 2. The van der Waals surface area contributed by atoms with Gasteiger partial charge in [0, 0.05) is 19.7 Å². The van der Waals surface area contributed by atoms with E-state index in [9.17, 15) is 9.18 Å². The molecule has 0 saturated carbocycles. The normalized spacial score (nSPS) is 12.5. The second-order valence-corrected chi connectivity index (χ2v) is 4.53. The fraction of sp³-hybridized carbons (Fsp3) is 0.500. The molecule has 0 aromatic heterocycles. The fourth-order valence-electron chi connectivity index (χ4n) is 1.74. The standard InChI is InChI=1S/C14H20FNO3/c1-10(9-18-3)16(2)8-11-5-6-12(13(15)7-11)14(17)19-4/h5-7,10H,8-9H2,1-4H3. The zero-order chi connectivity index (χ0) is 14.4. The quantitative estimate of drug-likeness (QED) is 0.741. The van der Waals surface area contributed by atoms with E-state index in [0.717, 1.165) is 5.56 Å². The average Bonchev–Trinajstić information content (AvgIpc) is 2.38. The van der Waals surface area contributed by atoms with E-state index < -0.39 is 11.8 Å². The number of hydrogen-bond donors (Lipinski definition) is 0. The minimum atomic E-state index is -0.662. The Morgan fingerprint density at radius 1 is 1.42 bits per heavy atom. The predicted octanol–water partition coefficient (Wildman–Crippen LogP) is 2.08. The molecule has 1 atom stereocenters. The number of nitrogens with zero attached hydrogens (tertiary/aromatic N) is 1. The molecule has 19 heavy (non-hydrogen) atoms. The third-order valence-corrected chi connectivity index (χ3v) is 3.03. The van der Waals surface area contributed by atoms with Crippen molar-refractivity contribution in [3.63, 3.8) is 0 Å². The highest BCUT2D eigenvalue weighted by atomic mass is 19.1. The second kappa shape index (κ2) is 7.21. The van der Waals surface area contributed by atoms with Crippen LogP contribution >= 0.6 is 0 Å². The van der Waals surface area contributed by atoms with Crippen LogP contribution in [0.25, 0.3) is 0 Å². The van der Waals surface area contributed by atoms with Crippen LogP contribution in [0.2, 0.25) is 0 Å². The molecule has 1 unspecified atom stereocenters. The lowest BCUT2D eigenvalue weighted by Gasteiger charge is -2.24. The molecule has 0 aliphatic heterocycles. The van der Waals surface area contributed by atoms with Crippen LogP contribution in [0.3, 0.4) is 0 Å². The maximum Gasteiger partial charge on any atom is 0.340 e. The van der Waals surface area contributed by atoms with Crippen molar-refractivity contribution in [2.45, 2.75) is 19.5 Å². The van der Waals surface area contributed by atoms with Crippen molar-refractivity contribution < 1.29 is 18.7 Å². The number of likely N-dealkylation sites (N-methyl/N-ethyl adjacent to an activating group) is 1. The molecule has 0 N–H and O–H groups in total. The van der Waals surface area contributed by atoms with Crippen LogP contribution in [0.15, 0.2) is 18.2 Å². The highest BCUT2D eigenvalue weighted by Gasteiger charge is 2.14. The molecule has 0 aliphatic rings. The first-order valence-electron chi connectivity index (χ1n) is 6.05. The van der Waals surface area contributed by atoms with Gasteiger partial charge in [-0.1, -0.05) is 6.07 Å². The van der Waals surface area contributed by atoms with E-state index in [2.05, 4.69) is 9.64 Å². The summed E-state index contributed by atoms with van der Waals surface area (Å²) in [6, 6.07) is 4.77. The van der Waals surface area contributed by atoms with Gasteiger partial charge in [0.25, 0.3) is 0 Å². The fourth-order valence-corrected chi connectivity index (χ4v) is 1.74. The molecule has 106 valence electrons. The molecular formula is C14H20FNO3. The van der Waals surface area contributed by atoms with E-state index in [1.807, 2.05) is 14.0 Å². The van der Waals surface area contributed by atoms with Crippen molar-refractivity contribution in [1.82, 2.24) is 4.90 Å². The van der Waals surface area contributed by atoms with Gasteiger partial charge in [0.05, 0.1) is 19.3 Å². The van der Waals surface area contributed by atoms with Gasteiger partial charge in [0.15, 0.2) is 0 Å². The Morgan fingerprint density at radius 3 is 2.63 bits per heavy atom. The lowest BCUT2D eigenvalue weighted by atomic mass is 10.1. The molecule has 0 bridgehead atoms. The summed E-state index contributed by atoms with van der Waals surface area (Å²) in [5, 5.41) is 0. The van der Waals surface area contributed by atoms with E-state index in [0.29, 0.717) is 13.2 Å². The minimum Gasteiger partial charge on any atom is -0.465 e. The minimum absolute atomic E-state index is 0.0427. The molecular weight excluding hydrogens is 249 g/mol. The van der Waals surface area contributed by atoms with Crippen LogP contribution in [-0.4, -0.2) is 44.8 Å². The van der Waals surface area contributed by atoms with Gasteiger partial charge in [-0.15, -0.1) is 0 Å². The SMILES string of the molecule is COCC(C)N(C)Cc1ccc(C(=O)OC)c(F)c1. The van der Waals surface area contributed by atoms with E-state index in [1.165, 1.54) is 19.2 Å². The summed E-state index contributed by atoms with van der Waals surface area (Å²) in [4.78, 5) is 13.3. The number of methoxy groups -OCH3 is 2. The third-order valence-electron chi connectivity index (χ3n) is 3.03. The summed E-state index contributed by atoms with van der Waals surface area (Å²) in [6.45, 7) is 3.23. The van der Waals surface area contributed by atoms with Crippen LogP contribution in [0, 0.1) is 5.82 Å².